The molecule has 0 radical (unpaired) electrons. The fourth-order valence-electron chi connectivity index (χ4n) is 1.35. The molecule has 0 bridgehead atoms. The van der Waals surface area contributed by atoms with E-state index >= 15 is 0 Å². The van der Waals surface area contributed by atoms with Crippen LogP contribution in [0.5, 0.6) is 0 Å². The first-order chi connectivity index (χ1) is 7.76. The van der Waals surface area contributed by atoms with Gasteiger partial charge in [0.05, 0.1) is 7.11 Å². The van der Waals surface area contributed by atoms with Crippen LogP contribution in [-0.2, 0) is 15.9 Å². The highest BCUT2D eigenvalue weighted by Gasteiger charge is 2.10. The van der Waals surface area contributed by atoms with Gasteiger partial charge in [0.1, 0.15) is 6.10 Å². The number of ether oxygens (including phenoxy) is 2. The van der Waals surface area contributed by atoms with Crippen molar-refractivity contribution in [1.82, 2.24) is 0 Å². The van der Waals surface area contributed by atoms with Gasteiger partial charge in [0, 0.05) is 0 Å². The Kier molecular flexibility index (Phi) is 5.12. The molecule has 1 aromatic carbocycles. The number of carbonyl (C=O) groups is 1. The zero-order valence-electron chi connectivity index (χ0n) is 9.39. The van der Waals surface area contributed by atoms with Gasteiger partial charge in [-0.05, 0) is 18.4 Å². The molecule has 3 heteroatoms. The molecule has 0 N–H and O–H groups in total. The van der Waals surface area contributed by atoms with Gasteiger partial charge in [-0.25, -0.2) is 4.79 Å². The molecule has 0 aromatic heterocycles. The van der Waals surface area contributed by atoms with Gasteiger partial charge in [-0.1, -0.05) is 43.0 Å². The molecule has 0 heterocycles. The van der Waals surface area contributed by atoms with Gasteiger partial charge in [0.15, 0.2) is 0 Å². The lowest BCUT2D eigenvalue weighted by Crippen LogP contribution is -2.16. The largest absolute Gasteiger partial charge is 0.508 e. The average molecular weight is 220 g/mol. The number of hydrogen-bond acceptors (Lipinski definition) is 3. The van der Waals surface area contributed by atoms with Crippen LogP contribution < -0.4 is 0 Å². The summed E-state index contributed by atoms with van der Waals surface area (Å²) in [5.74, 6) is 0. The Morgan fingerprint density at radius 1 is 1.44 bits per heavy atom. The zero-order valence-corrected chi connectivity index (χ0v) is 9.39. The van der Waals surface area contributed by atoms with E-state index in [1.165, 1.54) is 12.7 Å². The highest BCUT2D eigenvalue weighted by molar-refractivity contribution is 5.60. The predicted octanol–water partition coefficient (Wildman–Crippen LogP) is 2.96. The van der Waals surface area contributed by atoms with Gasteiger partial charge in [-0.2, -0.15) is 0 Å². The van der Waals surface area contributed by atoms with E-state index in [1.54, 1.807) is 6.08 Å². The molecule has 1 aromatic rings. The third-order valence-corrected chi connectivity index (χ3v) is 2.24. The van der Waals surface area contributed by atoms with E-state index in [0.717, 1.165) is 6.42 Å². The first-order valence-corrected chi connectivity index (χ1v) is 5.17. The Hall–Kier alpha value is -1.77. The molecule has 0 amide bonds. The number of aryl methyl sites for hydroxylation is 1. The molecular weight excluding hydrogens is 204 g/mol. The summed E-state index contributed by atoms with van der Waals surface area (Å²) in [5.41, 5.74) is 1.21. The highest BCUT2D eigenvalue weighted by atomic mass is 16.7. The summed E-state index contributed by atoms with van der Waals surface area (Å²) >= 11 is 0. The van der Waals surface area contributed by atoms with Gasteiger partial charge in [0.2, 0.25) is 0 Å². The van der Waals surface area contributed by atoms with E-state index in [9.17, 15) is 4.79 Å². The second-order valence-electron chi connectivity index (χ2n) is 3.37. The van der Waals surface area contributed by atoms with Crippen LogP contribution in [0.4, 0.5) is 4.79 Å². The lowest BCUT2D eigenvalue weighted by Gasteiger charge is -2.12. The maximum absolute atomic E-state index is 10.9. The van der Waals surface area contributed by atoms with Crippen LogP contribution in [0, 0.1) is 0 Å². The van der Waals surface area contributed by atoms with Crippen molar-refractivity contribution in [3.63, 3.8) is 0 Å². The molecule has 0 unspecified atom stereocenters. The third-order valence-electron chi connectivity index (χ3n) is 2.24. The SMILES string of the molecule is C=C[C@@H](CCc1ccccc1)OC(=O)OC. The van der Waals surface area contributed by atoms with Crippen molar-refractivity contribution >= 4 is 6.16 Å². The van der Waals surface area contributed by atoms with E-state index in [-0.39, 0.29) is 6.10 Å². The quantitative estimate of drug-likeness (QED) is 0.565. The summed E-state index contributed by atoms with van der Waals surface area (Å²) in [4.78, 5) is 10.9. The Morgan fingerprint density at radius 2 is 2.12 bits per heavy atom. The number of benzene rings is 1. The Labute approximate surface area is 95.7 Å². The summed E-state index contributed by atoms with van der Waals surface area (Å²) in [6.45, 7) is 3.63. The molecule has 16 heavy (non-hydrogen) atoms. The molecular formula is C13H16O3. The number of hydrogen-bond donors (Lipinski definition) is 0. The van der Waals surface area contributed by atoms with Crippen molar-refractivity contribution < 1.29 is 14.3 Å². The topological polar surface area (TPSA) is 35.5 Å². The van der Waals surface area contributed by atoms with Gasteiger partial charge < -0.3 is 9.47 Å². The van der Waals surface area contributed by atoms with Gasteiger partial charge >= 0.3 is 6.16 Å². The number of carbonyl (C=O) groups excluding carboxylic acids is 1. The molecule has 1 rings (SSSR count). The van der Waals surface area contributed by atoms with E-state index in [4.69, 9.17) is 4.74 Å². The first-order valence-electron chi connectivity index (χ1n) is 5.17. The second kappa shape index (κ2) is 6.67. The molecule has 0 saturated heterocycles. The van der Waals surface area contributed by atoms with Crippen LogP contribution in [0.1, 0.15) is 12.0 Å². The van der Waals surface area contributed by atoms with Crippen LogP contribution in [0.3, 0.4) is 0 Å². The van der Waals surface area contributed by atoms with E-state index in [0.29, 0.717) is 6.42 Å². The molecule has 0 aliphatic rings. The van der Waals surface area contributed by atoms with E-state index in [2.05, 4.69) is 11.3 Å². The van der Waals surface area contributed by atoms with Crippen LogP contribution in [0.15, 0.2) is 43.0 Å². The Morgan fingerprint density at radius 3 is 2.69 bits per heavy atom. The molecule has 3 nitrogen and oxygen atoms in total. The lowest BCUT2D eigenvalue weighted by molar-refractivity contribution is 0.0502. The summed E-state index contributed by atoms with van der Waals surface area (Å²) < 4.78 is 9.42. The zero-order chi connectivity index (χ0) is 11.8. The van der Waals surface area contributed by atoms with Crippen LogP contribution in [0.2, 0.25) is 0 Å². The van der Waals surface area contributed by atoms with E-state index in [1.807, 2.05) is 30.3 Å². The van der Waals surface area contributed by atoms with Crippen LogP contribution >= 0.6 is 0 Å². The smallest absolute Gasteiger partial charge is 0.438 e. The van der Waals surface area contributed by atoms with Crippen molar-refractivity contribution in [1.29, 1.82) is 0 Å². The monoisotopic (exact) mass is 220 g/mol. The maximum Gasteiger partial charge on any atom is 0.508 e. The molecule has 0 spiro atoms. The van der Waals surface area contributed by atoms with Crippen LogP contribution in [-0.4, -0.2) is 19.4 Å². The van der Waals surface area contributed by atoms with Gasteiger partial charge in [0.25, 0.3) is 0 Å². The summed E-state index contributed by atoms with van der Waals surface area (Å²) in [6.07, 6.45) is 2.20. The number of methoxy groups -OCH3 is 1. The molecule has 0 aliphatic carbocycles. The Bertz CT molecular complexity index is 332. The third kappa shape index (κ3) is 4.17. The molecule has 86 valence electrons. The van der Waals surface area contributed by atoms with Crippen LogP contribution in [0.25, 0.3) is 0 Å². The summed E-state index contributed by atoms with van der Waals surface area (Å²) in [7, 11) is 1.29. The number of rotatable bonds is 5. The molecule has 1 atom stereocenters. The maximum atomic E-state index is 10.9. The van der Waals surface area contributed by atoms with E-state index < -0.39 is 6.16 Å². The first kappa shape index (κ1) is 12.3. The average Bonchev–Trinajstić information content (AvgIpc) is 2.35. The Balaban J connectivity index is 2.40. The van der Waals surface area contributed by atoms with Crippen molar-refractivity contribution in [3.05, 3.63) is 48.6 Å². The van der Waals surface area contributed by atoms with Crippen molar-refractivity contribution in [2.45, 2.75) is 18.9 Å². The normalized spacial score (nSPS) is 11.6. The van der Waals surface area contributed by atoms with Crippen molar-refractivity contribution in [3.8, 4) is 0 Å². The van der Waals surface area contributed by atoms with Crippen molar-refractivity contribution in [2.24, 2.45) is 0 Å². The minimum absolute atomic E-state index is 0.298. The standard InChI is InChI=1S/C13H16O3/c1-3-12(16-13(14)15-2)10-9-11-7-5-4-6-8-11/h3-8,12H,1,9-10H2,2H3/t12-/m0/s1. The van der Waals surface area contributed by atoms with Gasteiger partial charge in [-0.15, -0.1) is 0 Å². The minimum atomic E-state index is -0.669. The minimum Gasteiger partial charge on any atom is -0.438 e. The van der Waals surface area contributed by atoms with Crippen molar-refractivity contribution in [2.75, 3.05) is 7.11 Å². The molecule has 0 fully saturated rings. The molecule has 0 saturated carbocycles. The lowest BCUT2D eigenvalue weighted by atomic mass is 10.1. The highest BCUT2D eigenvalue weighted by Crippen LogP contribution is 2.08. The van der Waals surface area contributed by atoms with Gasteiger partial charge in [-0.3, -0.25) is 0 Å². The second-order valence-corrected chi connectivity index (χ2v) is 3.37. The fraction of sp³-hybridized carbons (Fsp3) is 0.308. The molecule has 0 aliphatic heterocycles. The summed E-state index contributed by atoms with van der Waals surface area (Å²) in [6, 6.07) is 10.0. The summed E-state index contributed by atoms with van der Waals surface area (Å²) in [5, 5.41) is 0. The predicted molar refractivity (Wildman–Crippen MR) is 62.2 cm³/mol. The fourth-order valence-corrected chi connectivity index (χ4v) is 1.35.